The van der Waals surface area contributed by atoms with E-state index in [4.69, 9.17) is 43.6 Å². The Morgan fingerprint density at radius 2 is 1.76 bits per heavy atom. The lowest BCUT2D eigenvalue weighted by atomic mass is 10.1. The number of aromatic nitrogens is 1. The molecule has 5 aromatic rings. The molecule has 0 aliphatic heterocycles. The van der Waals surface area contributed by atoms with Crippen LogP contribution in [0.15, 0.2) is 73.6 Å². The summed E-state index contributed by atoms with van der Waals surface area (Å²) in [7, 11) is 0. The largest absolute Gasteiger partial charge is 0.457 e. The van der Waals surface area contributed by atoms with Crippen molar-refractivity contribution in [3.05, 3.63) is 96.2 Å². The van der Waals surface area contributed by atoms with Gasteiger partial charge >= 0.3 is 5.63 Å². The molecule has 0 aliphatic carbocycles. The van der Waals surface area contributed by atoms with Crippen molar-refractivity contribution in [2.45, 2.75) is 0 Å². The minimum Gasteiger partial charge on any atom is -0.457 e. The Kier molecular flexibility index (Phi) is 6.03. The predicted molar refractivity (Wildman–Crippen MR) is 136 cm³/mol. The predicted octanol–water partition coefficient (Wildman–Crippen LogP) is 8.20. The zero-order chi connectivity index (χ0) is 23.8. The van der Waals surface area contributed by atoms with Gasteiger partial charge in [0.05, 0.1) is 21.9 Å². The maximum absolute atomic E-state index is 12.5. The number of allylic oxidation sites excluding steroid dienone is 1. The highest BCUT2D eigenvalue weighted by Crippen LogP contribution is 2.33. The number of hydrogen-bond acceptors (Lipinski definition) is 6. The number of nitrogens with zero attached hydrogens (tertiary/aromatic N) is 2. The van der Waals surface area contributed by atoms with Crippen LogP contribution < -0.4 is 5.63 Å². The van der Waals surface area contributed by atoms with Gasteiger partial charge in [-0.25, -0.2) is 9.78 Å². The second kappa shape index (κ2) is 9.13. The molecule has 0 spiro atoms. The molecule has 3 aromatic heterocycles. The molecule has 0 amide bonds. The third-order valence-electron chi connectivity index (χ3n) is 4.93. The first kappa shape index (κ1) is 22.5. The van der Waals surface area contributed by atoms with Crippen LogP contribution in [0, 0.1) is 11.3 Å². The van der Waals surface area contributed by atoms with Crippen LogP contribution in [0.5, 0.6) is 0 Å². The minimum atomic E-state index is -0.525. The fraction of sp³-hybridized carbons (Fsp3) is 0. The molecule has 0 aliphatic rings. The lowest BCUT2D eigenvalue weighted by molar-refractivity contribution is 0.563. The molecule has 5 rings (SSSR count). The van der Waals surface area contributed by atoms with E-state index in [0.717, 1.165) is 0 Å². The van der Waals surface area contributed by atoms with Gasteiger partial charge in [0, 0.05) is 32.5 Å². The number of rotatable bonds is 4. The second-order valence-corrected chi connectivity index (χ2v) is 9.30. The Labute approximate surface area is 212 Å². The number of halogens is 3. The van der Waals surface area contributed by atoms with Gasteiger partial charge in [-0.15, -0.1) is 11.3 Å². The normalized spacial score (nSPS) is 11.6. The van der Waals surface area contributed by atoms with Gasteiger partial charge in [-0.05, 0) is 54.6 Å². The zero-order valence-corrected chi connectivity index (χ0v) is 20.1. The highest BCUT2D eigenvalue weighted by molar-refractivity contribution is 7.11. The lowest BCUT2D eigenvalue weighted by Gasteiger charge is -2.01. The first-order chi connectivity index (χ1) is 16.4. The topological polar surface area (TPSA) is 80.0 Å². The van der Waals surface area contributed by atoms with Gasteiger partial charge in [0.25, 0.3) is 0 Å². The van der Waals surface area contributed by atoms with E-state index in [1.807, 2.05) is 0 Å². The fourth-order valence-electron chi connectivity index (χ4n) is 3.34. The quantitative estimate of drug-likeness (QED) is 0.174. The van der Waals surface area contributed by atoms with E-state index in [0.29, 0.717) is 53.8 Å². The van der Waals surface area contributed by atoms with Crippen molar-refractivity contribution in [2.75, 3.05) is 0 Å². The van der Waals surface area contributed by atoms with Crippen molar-refractivity contribution in [3.63, 3.8) is 0 Å². The molecule has 0 atom stereocenters. The van der Waals surface area contributed by atoms with Gasteiger partial charge in [0.2, 0.25) is 0 Å². The highest BCUT2D eigenvalue weighted by Gasteiger charge is 2.15. The zero-order valence-electron chi connectivity index (χ0n) is 17.0. The van der Waals surface area contributed by atoms with Gasteiger partial charge in [0.15, 0.2) is 0 Å². The molecule has 0 N–H and O–H groups in total. The SMILES string of the molecule is N#C/C(=C\c1ccc(-c2cc(Cl)ccc2Cl)o1)c1nc(-c2cc3cc(Cl)ccc3oc2=O)cs1. The summed E-state index contributed by atoms with van der Waals surface area (Å²) in [6.07, 6.45) is 1.58. The lowest BCUT2D eigenvalue weighted by Crippen LogP contribution is -2.02. The summed E-state index contributed by atoms with van der Waals surface area (Å²) in [5.74, 6) is 0.961. The van der Waals surface area contributed by atoms with E-state index in [1.165, 1.54) is 11.3 Å². The molecule has 34 heavy (non-hydrogen) atoms. The maximum Gasteiger partial charge on any atom is 0.345 e. The van der Waals surface area contributed by atoms with Crippen LogP contribution in [0.2, 0.25) is 15.1 Å². The molecule has 9 heteroatoms. The first-order valence-electron chi connectivity index (χ1n) is 9.78. The Morgan fingerprint density at radius 3 is 2.59 bits per heavy atom. The van der Waals surface area contributed by atoms with Crippen molar-refractivity contribution in [3.8, 4) is 28.7 Å². The molecular weight excluding hydrogens is 515 g/mol. The highest BCUT2D eigenvalue weighted by atomic mass is 35.5. The number of benzene rings is 2. The van der Waals surface area contributed by atoms with Gasteiger partial charge in [-0.2, -0.15) is 5.26 Å². The molecule has 2 aromatic carbocycles. The van der Waals surface area contributed by atoms with Crippen LogP contribution in [0.3, 0.4) is 0 Å². The first-order valence-corrected chi connectivity index (χ1v) is 11.8. The van der Waals surface area contributed by atoms with Crippen molar-refractivity contribution < 1.29 is 8.83 Å². The van der Waals surface area contributed by atoms with Crippen molar-refractivity contribution >= 4 is 68.8 Å². The van der Waals surface area contributed by atoms with Crippen LogP contribution in [0.1, 0.15) is 10.8 Å². The Hall–Kier alpha value is -3.34. The smallest absolute Gasteiger partial charge is 0.345 e. The van der Waals surface area contributed by atoms with E-state index in [9.17, 15) is 10.1 Å². The molecule has 0 fully saturated rings. The van der Waals surface area contributed by atoms with Crippen molar-refractivity contribution in [1.82, 2.24) is 4.98 Å². The van der Waals surface area contributed by atoms with Gasteiger partial charge in [-0.1, -0.05) is 34.8 Å². The van der Waals surface area contributed by atoms with Crippen molar-refractivity contribution in [2.24, 2.45) is 0 Å². The Balaban J connectivity index is 1.49. The van der Waals surface area contributed by atoms with Crippen LogP contribution in [0.4, 0.5) is 0 Å². The molecule has 166 valence electrons. The number of nitriles is 1. The second-order valence-electron chi connectivity index (χ2n) is 7.16. The maximum atomic E-state index is 12.5. The van der Waals surface area contributed by atoms with Gasteiger partial charge in [0.1, 0.15) is 28.2 Å². The van der Waals surface area contributed by atoms with E-state index in [-0.39, 0.29) is 11.1 Å². The summed E-state index contributed by atoms with van der Waals surface area (Å²) in [6.45, 7) is 0. The van der Waals surface area contributed by atoms with Crippen LogP contribution in [0.25, 0.3) is 45.2 Å². The number of thiazole rings is 1. The number of fused-ring (bicyclic) bond motifs is 1. The third kappa shape index (κ3) is 4.39. The molecular formula is C25H11Cl3N2O3S. The van der Waals surface area contributed by atoms with Gasteiger partial charge in [-0.3, -0.25) is 0 Å². The average molecular weight is 526 g/mol. The van der Waals surface area contributed by atoms with E-state index in [1.54, 1.807) is 66.1 Å². The summed E-state index contributed by atoms with van der Waals surface area (Å²) < 4.78 is 11.3. The molecule has 0 saturated carbocycles. The van der Waals surface area contributed by atoms with E-state index in [2.05, 4.69) is 11.1 Å². The van der Waals surface area contributed by atoms with E-state index >= 15 is 0 Å². The third-order valence-corrected chi connectivity index (χ3v) is 6.61. The standard InChI is InChI=1S/C25H11Cl3N2O3S/c26-15-2-5-22-13(7-15)9-19(25(31)33-22)21-12-34-24(30-21)14(11-29)8-17-3-6-23(32-17)18-10-16(27)1-4-20(18)28/h1-10,12H/b14-8+. The minimum absolute atomic E-state index is 0.280. The molecule has 0 radical (unpaired) electrons. The molecule has 3 heterocycles. The van der Waals surface area contributed by atoms with Crippen LogP contribution >= 0.6 is 46.1 Å². The van der Waals surface area contributed by atoms with Gasteiger partial charge < -0.3 is 8.83 Å². The molecule has 0 bridgehead atoms. The van der Waals surface area contributed by atoms with Crippen LogP contribution in [-0.2, 0) is 0 Å². The fourth-order valence-corrected chi connectivity index (χ4v) is 4.69. The summed E-state index contributed by atoms with van der Waals surface area (Å²) in [4.78, 5) is 17.0. The monoisotopic (exact) mass is 524 g/mol. The van der Waals surface area contributed by atoms with E-state index < -0.39 is 5.63 Å². The summed E-state index contributed by atoms with van der Waals surface area (Å²) in [5, 5.41) is 14.1. The van der Waals surface area contributed by atoms with Crippen LogP contribution in [-0.4, -0.2) is 4.98 Å². The summed E-state index contributed by atoms with van der Waals surface area (Å²) in [5.41, 5.74) is 1.52. The number of hydrogen-bond donors (Lipinski definition) is 0. The summed E-state index contributed by atoms with van der Waals surface area (Å²) in [6, 6.07) is 17.4. The summed E-state index contributed by atoms with van der Waals surface area (Å²) >= 11 is 19.6. The molecule has 0 saturated heterocycles. The van der Waals surface area contributed by atoms with Crippen molar-refractivity contribution in [1.29, 1.82) is 5.26 Å². The Bertz CT molecular complexity index is 1690. The number of furan rings is 1. The molecule has 5 nitrogen and oxygen atoms in total. The Morgan fingerprint density at radius 1 is 0.971 bits per heavy atom. The molecule has 0 unspecified atom stereocenters. The average Bonchev–Trinajstić information content (AvgIpc) is 3.49.